The van der Waals surface area contributed by atoms with Crippen LogP contribution in [0, 0.1) is 0 Å². The number of hydrogen-bond donors (Lipinski definition) is 2. The SMILES string of the molecule is O=C(N/C=C/c1cccc(C(F)(F)F)c1)Nc1cccnn1. The predicted octanol–water partition coefficient (Wildman–Crippen LogP) is 3.29. The third-order valence-corrected chi connectivity index (χ3v) is 2.52. The summed E-state index contributed by atoms with van der Waals surface area (Å²) in [7, 11) is 0. The molecule has 0 aliphatic carbocycles. The first-order chi connectivity index (χ1) is 10.4. The minimum Gasteiger partial charge on any atom is -0.314 e. The number of aromatic nitrogens is 2. The molecule has 0 unspecified atom stereocenters. The molecule has 0 fully saturated rings. The van der Waals surface area contributed by atoms with E-state index >= 15 is 0 Å². The van der Waals surface area contributed by atoms with Crippen molar-refractivity contribution < 1.29 is 18.0 Å². The molecular formula is C14H11F3N4O. The molecule has 0 bridgehead atoms. The van der Waals surface area contributed by atoms with Gasteiger partial charge in [-0.3, -0.25) is 5.32 Å². The van der Waals surface area contributed by atoms with Crippen LogP contribution in [0.2, 0.25) is 0 Å². The summed E-state index contributed by atoms with van der Waals surface area (Å²) in [6.07, 6.45) is -0.357. The quantitative estimate of drug-likeness (QED) is 0.914. The number of rotatable bonds is 3. The van der Waals surface area contributed by atoms with Gasteiger partial charge in [0.15, 0.2) is 5.82 Å². The molecule has 0 spiro atoms. The van der Waals surface area contributed by atoms with Crippen LogP contribution in [-0.4, -0.2) is 16.2 Å². The lowest BCUT2D eigenvalue weighted by Crippen LogP contribution is -2.24. The Morgan fingerprint density at radius 2 is 2.00 bits per heavy atom. The lowest BCUT2D eigenvalue weighted by molar-refractivity contribution is -0.137. The molecule has 0 aliphatic rings. The van der Waals surface area contributed by atoms with Gasteiger partial charge in [0.25, 0.3) is 0 Å². The summed E-state index contributed by atoms with van der Waals surface area (Å²) in [5.74, 6) is 0.257. The van der Waals surface area contributed by atoms with Crippen molar-refractivity contribution in [3.63, 3.8) is 0 Å². The summed E-state index contributed by atoms with van der Waals surface area (Å²) in [4.78, 5) is 11.5. The van der Waals surface area contributed by atoms with E-state index in [0.717, 1.165) is 12.1 Å². The van der Waals surface area contributed by atoms with Gasteiger partial charge >= 0.3 is 12.2 Å². The zero-order valence-electron chi connectivity index (χ0n) is 11.1. The van der Waals surface area contributed by atoms with Crippen LogP contribution in [-0.2, 0) is 6.18 Å². The Balaban J connectivity index is 1.94. The van der Waals surface area contributed by atoms with Crippen molar-refractivity contribution in [3.05, 3.63) is 59.9 Å². The van der Waals surface area contributed by atoms with E-state index in [4.69, 9.17) is 0 Å². The number of hydrogen-bond acceptors (Lipinski definition) is 3. The van der Waals surface area contributed by atoms with Gasteiger partial charge in [0.2, 0.25) is 0 Å². The summed E-state index contributed by atoms with van der Waals surface area (Å²) in [5, 5.41) is 12.0. The molecule has 0 atom stereocenters. The van der Waals surface area contributed by atoms with E-state index in [2.05, 4.69) is 20.8 Å². The number of carbonyl (C=O) groups excluding carboxylic acids is 1. The summed E-state index contributed by atoms with van der Waals surface area (Å²) < 4.78 is 37.6. The zero-order valence-corrected chi connectivity index (χ0v) is 11.1. The van der Waals surface area contributed by atoms with Crippen LogP contribution < -0.4 is 10.6 Å². The summed E-state index contributed by atoms with van der Waals surface area (Å²) in [6, 6.07) is 7.31. The van der Waals surface area contributed by atoms with Gasteiger partial charge in [-0.25, -0.2) is 4.79 Å². The number of nitrogens with zero attached hydrogens (tertiary/aromatic N) is 2. The first-order valence-electron chi connectivity index (χ1n) is 6.14. The van der Waals surface area contributed by atoms with Crippen LogP contribution in [0.3, 0.4) is 0 Å². The number of urea groups is 1. The number of nitrogens with one attached hydrogen (secondary N) is 2. The summed E-state index contributed by atoms with van der Waals surface area (Å²) in [6.45, 7) is 0. The van der Waals surface area contributed by atoms with Crippen molar-refractivity contribution in [2.45, 2.75) is 6.18 Å². The number of halogens is 3. The fraction of sp³-hybridized carbons (Fsp3) is 0.0714. The van der Waals surface area contributed by atoms with E-state index in [1.165, 1.54) is 30.6 Å². The van der Waals surface area contributed by atoms with Gasteiger partial charge in [-0.15, -0.1) is 5.10 Å². The van der Waals surface area contributed by atoms with Crippen molar-refractivity contribution in [2.24, 2.45) is 0 Å². The van der Waals surface area contributed by atoms with Crippen LogP contribution in [0.4, 0.5) is 23.8 Å². The molecule has 0 aliphatic heterocycles. The first kappa shape index (κ1) is 15.5. The minimum absolute atomic E-state index is 0.257. The first-order valence-corrected chi connectivity index (χ1v) is 6.14. The Labute approximate surface area is 123 Å². The molecule has 2 aromatic rings. The number of anilines is 1. The number of carbonyl (C=O) groups is 1. The molecule has 114 valence electrons. The van der Waals surface area contributed by atoms with E-state index in [-0.39, 0.29) is 5.82 Å². The second-order valence-corrected chi connectivity index (χ2v) is 4.16. The van der Waals surface area contributed by atoms with Crippen LogP contribution in [0.5, 0.6) is 0 Å². The van der Waals surface area contributed by atoms with E-state index in [0.29, 0.717) is 5.56 Å². The minimum atomic E-state index is -4.40. The van der Waals surface area contributed by atoms with E-state index in [9.17, 15) is 18.0 Å². The molecule has 8 heteroatoms. The van der Waals surface area contributed by atoms with Gasteiger partial charge in [0.05, 0.1) is 5.56 Å². The van der Waals surface area contributed by atoms with Crippen molar-refractivity contribution in [1.82, 2.24) is 15.5 Å². The average Bonchev–Trinajstić information content (AvgIpc) is 2.48. The molecule has 5 nitrogen and oxygen atoms in total. The largest absolute Gasteiger partial charge is 0.416 e. The number of benzene rings is 1. The second-order valence-electron chi connectivity index (χ2n) is 4.16. The maximum Gasteiger partial charge on any atom is 0.416 e. The molecule has 0 saturated heterocycles. The Morgan fingerprint density at radius 3 is 2.68 bits per heavy atom. The van der Waals surface area contributed by atoms with Crippen LogP contribution >= 0.6 is 0 Å². The standard InChI is InChI=1S/C14H11F3N4O/c15-14(16,17)11-4-1-3-10(9-11)6-8-18-13(22)20-12-5-2-7-19-21-12/h1-9H,(H2,18,20,21,22)/b8-6+. The highest BCUT2D eigenvalue weighted by Crippen LogP contribution is 2.29. The van der Waals surface area contributed by atoms with Crippen molar-refractivity contribution >= 4 is 17.9 Å². The van der Waals surface area contributed by atoms with E-state index in [1.807, 2.05) is 0 Å². The van der Waals surface area contributed by atoms with Gasteiger partial charge in [0, 0.05) is 12.4 Å². The van der Waals surface area contributed by atoms with Gasteiger partial charge in [0.1, 0.15) is 0 Å². The number of alkyl halides is 3. The van der Waals surface area contributed by atoms with Crippen LogP contribution in [0.25, 0.3) is 6.08 Å². The fourth-order valence-corrected chi connectivity index (χ4v) is 1.55. The molecule has 0 saturated carbocycles. The molecule has 0 radical (unpaired) electrons. The number of amides is 2. The molecule has 1 aromatic carbocycles. The highest BCUT2D eigenvalue weighted by atomic mass is 19.4. The monoisotopic (exact) mass is 308 g/mol. The Morgan fingerprint density at radius 1 is 1.18 bits per heavy atom. The molecule has 2 N–H and O–H groups in total. The lowest BCUT2D eigenvalue weighted by atomic mass is 10.1. The van der Waals surface area contributed by atoms with Gasteiger partial charge < -0.3 is 5.32 Å². The molecule has 22 heavy (non-hydrogen) atoms. The molecule has 2 amide bonds. The second kappa shape index (κ2) is 6.70. The van der Waals surface area contributed by atoms with Crippen LogP contribution in [0.1, 0.15) is 11.1 Å². The van der Waals surface area contributed by atoms with Crippen LogP contribution in [0.15, 0.2) is 48.8 Å². The Bertz CT molecular complexity index is 671. The fourth-order valence-electron chi connectivity index (χ4n) is 1.55. The highest BCUT2D eigenvalue weighted by Gasteiger charge is 2.30. The molecule has 2 rings (SSSR count). The Kier molecular flexibility index (Phi) is 4.72. The Hall–Kier alpha value is -2.90. The van der Waals surface area contributed by atoms with Gasteiger partial charge in [-0.2, -0.15) is 18.3 Å². The normalized spacial score (nSPS) is 11.4. The predicted molar refractivity (Wildman–Crippen MR) is 74.7 cm³/mol. The maximum absolute atomic E-state index is 12.5. The van der Waals surface area contributed by atoms with Crippen molar-refractivity contribution in [2.75, 3.05) is 5.32 Å². The summed E-state index contributed by atoms with van der Waals surface area (Å²) in [5.41, 5.74) is -0.437. The highest BCUT2D eigenvalue weighted by molar-refractivity contribution is 5.89. The van der Waals surface area contributed by atoms with Gasteiger partial charge in [-0.1, -0.05) is 12.1 Å². The van der Waals surface area contributed by atoms with Crippen molar-refractivity contribution in [1.29, 1.82) is 0 Å². The van der Waals surface area contributed by atoms with E-state index in [1.54, 1.807) is 12.1 Å². The van der Waals surface area contributed by atoms with E-state index < -0.39 is 17.8 Å². The zero-order chi connectivity index (χ0) is 16.0. The topological polar surface area (TPSA) is 66.9 Å². The molecular weight excluding hydrogens is 297 g/mol. The third-order valence-electron chi connectivity index (χ3n) is 2.52. The smallest absolute Gasteiger partial charge is 0.314 e. The molecule has 1 aromatic heterocycles. The summed E-state index contributed by atoms with van der Waals surface area (Å²) >= 11 is 0. The lowest BCUT2D eigenvalue weighted by Gasteiger charge is -2.06. The van der Waals surface area contributed by atoms with Crippen molar-refractivity contribution in [3.8, 4) is 0 Å². The average molecular weight is 308 g/mol. The van der Waals surface area contributed by atoms with Gasteiger partial charge in [-0.05, 0) is 35.9 Å². The third kappa shape index (κ3) is 4.58. The maximum atomic E-state index is 12.5. The molecule has 1 heterocycles.